The van der Waals surface area contributed by atoms with Crippen LogP contribution < -0.4 is 0 Å². The van der Waals surface area contributed by atoms with E-state index in [-0.39, 0.29) is 0 Å². The van der Waals surface area contributed by atoms with Gasteiger partial charge in [0.1, 0.15) is 6.29 Å². The van der Waals surface area contributed by atoms with Crippen molar-refractivity contribution in [1.82, 2.24) is 0 Å². The average molecular weight is 147 g/mol. The molecule has 1 saturated carbocycles. The maximum atomic E-state index is 10.0. The molecule has 2 atom stereocenters. The summed E-state index contributed by atoms with van der Waals surface area (Å²) >= 11 is 5.83. The van der Waals surface area contributed by atoms with Crippen LogP contribution in [0, 0.1) is 5.92 Å². The Kier molecular flexibility index (Phi) is 2.52. The third kappa shape index (κ3) is 1.98. The minimum atomic E-state index is 0.343. The number of carbonyl (C=O) groups is 1. The molecule has 0 saturated heterocycles. The molecule has 1 aliphatic rings. The fourth-order valence-corrected chi connectivity index (χ4v) is 1.74. The molecular weight excluding hydrogens is 136 g/mol. The molecule has 0 amide bonds. The van der Waals surface area contributed by atoms with Crippen molar-refractivity contribution in [3.05, 3.63) is 0 Å². The van der Waals surface area contributed by atoms with Crippen LogP contribution in [0.4, 0.5) is 0 Å². The van der Waals surface area contributed by atoms with Crippen molar-refractivity contribution in [3.8, 4) is 0 Å². The zero-order chi connectivity index (χ0) is 6.69. The van der Waals surface area contributed by atoms with E-state index < -0.39 is 0 Å². The Morgan fingerprint density at radius 2 is 2.33 bits per heavy atom. The molecule has 0 bridgehead atoms. The Bertz CT molecular complexity index is 103. The van der Waals surface area contributed by atoms with Gasteiger partial charge in [0.15, 0.2) is 0 Å². The molecule has 1 rings (SSSR count). The summed E-state index contributed by atoms with van der Waals surface area (Å²) in [6, 6.07) is 0. The molecular formula is C7H11ClO. The topological polar surface area (TPSA) is 17.1 Å². The molecule has 0 N–H and O–H groups in total. The Morgan fingerprint density at radius 1 is 1.56 bits per heavy atom. The average Bonchev–Trinajstić information content (AvgIpc) is 2.17. The number of alkyl halides is 1. The van der Waals surface area contributed by atoms with Crippen LogP contribution in [0.15, 0.2) is 0 Å². The fraction of sp³-hybridized carbons (Fsp3) is 0.857. The molecule has 0 radical (unpaired) electrons. The fourth-order valence-electron chi connectivity index (χ4n) is 1.36. The Balaban J connectivity index is 2.21. The molecule has 0 heterocycles. The van der Waals surface area contributed by atoms with E-state index in [2.05, 4.69) is 0 Å². The Morgan fingerprint density at radius 3 is 2.78 bits per heavy atom. The van der Waals surface area contributed by atoms with Gasteiger partial charge in [-0.05, 0) is 25.2 Å². The highest BCUT2D eigenvalue weighted by Crippen LogP contribution is 2.30. The second kappa shape index (κ2) is 3.21. The molecule has 1 nitrogen and oxygen atoms in total. The highest BCUT2D eigenvalue weighted by Gasteiger charge is 2.21. The second-order valence-electron chi connectivity index (χ2n) is 2.68. The summed E-state index contributed by atoms with van der Waals surface area (Å²) in [6.07, 6.45) is 5.00. The van der Waals surface area contributed by atoms with Crippen LogP contribution in [-0.4, -0.2) is 11.7 Å². The van der Waals surface area contributed by atoms with Gasteiger partial charge in [-0.1, -0.05) is 0 Å². The number of carbonyl (C=O) groups excluding carboxylic acids is 1. The van der Waals surface area contributed by atoms with E-state index in [0.29, 0.717) is 17.7 Å². The molecule has 0 spiro atoms. The Hall–Kier alpha value is -0.0400. The summed E-state index contributed by atoms with van der Waals surface area (Å²) < 4.78 is 0. The molecule has 52 valence electrons. The van der Waals surface area contributed by atoms with Crippen LogP contribution in [0.2, 0.25) is 0 Å². The summed E-state index contributed by atoms with van der Waals surface area (Å²) in [6.45, 7) is 0. The maximum Gasteiger partial charge on any atom is 0.120 e. The number of hydrogen-bond donors (Lipinski definition) is 0. The van der Waals surface area contributed by atoms with E-state index in [9.17, 15) is 4.79 Å². The van der Waals surface area contributed by atoms with Gasteiger partial charge in [0.25, 0.3) is 0 Å². The molecule has 2 unspecified atom stereocenters. The number of rotatable bonds is 2. The molecule has 0 aliphatic heterocycles. The molecule has 2 heteroatoms. The lowest BCUT2D eigenvalue weighted by molar-refractivity contribution is -0.108. The van der Waals surface area contributed by atoms with Gasteiger partial charge in [-0.15, -0.1) is 11.6 Å². The molecule has 0 aromatic carbocycles. The largest absolute Gasteiger partial charge is 0.303 e. The van der Waals surface area contributed by atoms with Crippen LogP contribution in [0.3, 0.4) is 0 Å². The minimum Gasteiger partial charge on any atom is -0.303 e. The van der Waals surface area contributed by atoms with Gasteiger partial charge in [0.2, 0.25) is 0 Å². The number of halogens is 1. The van der Waals surface area contributed by atoms with Gasteiger partial charge >= 0.3 is 0 Å². The normalized spacial score (nSPS) is 34.8. The predicted octanol–water partition coefficient (Wildman–Crippen LogP) is 1.98. The van der Waals surface area contributed by atoms with Crippen molar-refractivity contribution in [2.24, 2.45) is 5.92 Å². The zero-order valence-corrected chi connectivity index (χ0v) is 6.10. The van der Waals surface area contributed by atoms with Crippen molar-refractivity contribution in [2.75, 3.05) is 0 Å². The van der Waals surface area contributed by atoms with E-state index in [4.69, 9.17) is 11.6 Å². The molecule has 0 aromatic heterocycles. The van der Waals surface area contributed by atoms with Crippen molar-refractivity contribution >= 4 is 17.9 Å². The Labute approximate surface area is 60.4 Å². The van der Waals surface area contributed by atoms with Gasteiger partial charge in [0, 0.05) is 11.8 Å². The van der Waals surface area contributed by atoms with Crippen molar-refractivity contribution in [3.63, 3.8) is 0 Å². The van der Waals surface area contributed by atoms with Crippen LogP contribution in [0.5, 0.6) is 0 Å². The zero-order valence-electron chi connectivity index (χ0n) is 5.35. The monoisotopic (exact) mass is 146 g/mol. The third-order valence-electron chi connectivity index (χ3n) is 1.91. The summed E-state index contributed by atoms with van der Waals surface area (Å²) in [5.74, 6) is 0.588. The quantitative estimate of drug-likeness (QED) is 0.430. The maximum absolute atomic E-state index is 10.0. The first-order valence-electron chi connectivity index (χ1n) is 3.40. The van der Waals surface area contributed by atoms with E-state index in [0.717, 1.165) is 25.5 Å². The van der Waals surface area contributed by atoms with Crippen molar-refractivity contribution < 1.29 is 4.79 Å². The lowest BCUT2D eigenvalue weighted by Crippen LogP contribution is -1.95. The first-order valence-corrected chi connectivity index (χ1v) is 3.84. The molecule has 1 fully saturated rings. The molecule has 9 heavy (non-hydrogen) atoms. The predicted molar refractivity (Wildman–Crippen MR) is 37.7 cm³/mol. The van der Waals surface area contributed by atoms with Gasteiger partial charge in [0.05, 0.1) is 0 Å². The summed E-state index contributed by atoms with van der Waals surface area (Å²) in [7, 11) is 0. The molecule has 1 aliphatic carbocycles. The summed E-state index contributed by atoms with van der Waals surface area (Å²) in [4.78, 5) is 10.0. The van der Waals surface area contributed by atoms with E-state index in [1.807, 2.05) is 0 Å². The lowest BCUT2D eigenvalue weighted by Gasteiger charge is -2.00. The highest BCUT2D eigenvalue weighted by atomic mass is 35.5. The third-order valence-corrected chi connectivity index (χ3v) is 2.30. The van der Waals surface area contributed by atoms with E-state index in [1.54, 1.807) is 0 Å². The highest BCUT2D eigenvalue weighted by molar-refractivity contribution is 6.20. The van der Waals surface area contributed by atoms with Crippen LogP contribution >= 0.6 is 11.6 Å². The van der Waals surface area contributed by atoms with Crippen molar-refractivity contribution in [2.45, 2.75) is 31.1 Å². The molecule has 0 aromatic rings. The lowest BCUT2D eigenvalue weighted by atomic mass is 10.1. The number of hydrogen-bond acceptors (Lipinski definition) is 1. The standard InChI is InChI=1S/C7H11ClO/c8-7-2-1-6(5-7)3-4-9/h4,6-7H,1-3,5H2. The van der Waals surface area contributed by atoms with Crippen molar-refractivity contribution in [1.29, 1.82) is 0 Å². The van der Waals surface area contributed by atoms with E-state index in [1.165, 1.54) is 0 Å². The van der Waals surface area contributed by atoms with Gasteiger partial charge in [-0.25, -0.2) is 0 Å². The second-order valence-corrected chi connectivity index (χ2v) is 3.30. The van der Waals surface area contributed by atoms with Crippen LogP contribution in [0.1, 0.15) is 25.7 Å². The van der Waals surface area contributed by atoms with Gasteiger partial charge in [-0.3, -0.25) is 0 Å². The van der Waals surface area contributed by atoms with Crippen LogP contribution in [-0.2, 0) is 4.79 Å². The van der Waals surface area contributed by atoms with Crippen LogP contribution in [0.25, 0.3) is 0 Å². The van der Waals surface area contributed by atoms with E-state index >= 15 is 0 Å². The van der Waals surface area contributed by atoms with Gasteiger partial charge in [-0.2, -0.15) is 0 Å². The first kappa shape index (κ1) is 7.07. The summed E-state index contributed by atoms with van der Waals surface area (Å²) in [5, 5.41) is 0.343. The SMILES string of the molecule is O=CCC1CCC(Cl)C1. The smallest absolute Gasteiger partial charge is 0.120 e. The minimum absolute atomic E-state index is 0.343. The summed E-state index contributed by atoms with van der Waals surface area (Å²) in [5.41, 5.74) is 0. The number of aldehydes is 1. The first-order chi connectivity index (χ1) is 4.33. The van der Waals surface area contributed by atoms with Gasteiger partial charge < -0.3 is 4.79 Å².